The van der Waals surface area contributed by atoms with Crippen LogP contribution in [-0.4, -0.2) is 12.9 Å². The van der Waals surface area contributed by atoms with Crippen molar-refractivity contribution in [2.45, 2.75) is 6.36 Å². The normalized spacial score (nSPS) is 11.8. The molecule has 0 bridgehead atoms. The zero-order valence-electron chi connectivity index (χ0n) is 8.39. The summed E-state index contributed by atoms with van der Waals surface area (Å²) in [5, 5.41) is 2.94. The first-order valence-corrected chi connectivity index (χ1v) is 5.69. The van der Waals surface area contributed by atoms with E-state index in [0.717, 1.165) is 0 Å². The summed E-state index contributed by atoms with van der Waals surface area (Å²) in [6, 6.07) is 4.20. The van der Waals surface area contributed by atoms with Crippen molar-refractivity contribution in [3.05, 3.63) is 34.3 Å². The van der Waals surface area contributed by atoms with Crippen molar-refractivity contribution >= 4 is 33.2 Å². The first-order valence-electron chi connectivity index (χ1n) is 4.47. The fraction of sp³-hybridized carbons (Fsp3) is 0.200. The highest BCUT2D eigenvalue weighted by Crippen LogP contribution is 2.32. The number of anilines is 1. The highest BCUT2D eigenvalue weighted by molar-refractivity contribution is 9.10. The lowest BCUT2D eigenvalue weighted by Gasteiger charge is -2.11. The van der Waals surface area contributed by atoms with Crippen LogP contribution in [0.2, 0.25) is 0 Å². The maximum Gasteiger partial charge on any atom is 0.573 e. The minimum absolute atomic E-state index is 0.217. The maximum absolute atomic E-state index is 12.0. The van der Waals surface area contributed by atoms with E-state index in [2.05, 4.69) is 26.0 Å². The van der Waals surface area contributed by atoms with Crippen molar-refractivity contribution in [3.8, 4) is 5.75 Å². The molecule has 0 saturated carbocycles. The van der Waals surface area contributed by atoms with Gasteiger partial charge in [-0.15, -0.1) is 13.2 Å². The van der Waals surface area contributed by atoms with E-state index >= 15 is 0 Å². The smallest absolute Gasteiger partial charge is 0.405 e. The Bertz CT molecular complexity index is 409. The molecule has 0 spiro atoms. The van der Waals surface area contributed by atoms with Gasteiger partial charge in [-0.2, -0.15) is 0 Å². The van der Waals surface area contributed by atoms with Gasteiger partial charge in [-0.25, -0.2) is 0 Å². The van der Waals surface area contributed by atoms with Crippen LogP contribution in [0.4, 0.5) is 18.9 Å². The van der Waals surface area contributed by atoms with Crippen LogP contribution < -0.4 is 10.1 Å². The quantitative estimate of drug-likeness (QED) is 0.877. The molecule has 1 aromatic carbocycles. The third-order valence-corrected chi connectivity index (χ3v) is 2.47. The van der Waals surface area contributed by atoms with E-state index in [1.807, 2.05) is 0 Å². The summed E-state index contributed by atoms with van der Waals surface area (Å²) >= 11 is 8.32. The van der Waals surface area contributed by atoms with Gasteiger partial charge in [-0.3, -0.25) is 0 Å². The van der Waals surface area contributed by atoms with Gasteiger partial charge in [-0.05, 0) is 34.1 Å². The molecule has 0 radical (unpaired) electrons. The first kappa shape index (κ1) is 14.2. The highest BCUT2D eigenvalue weighted by atomic mass is 79.9. The Kier molecular flexibility index (Phi) is 5.14. The van der Waals surface area contributed by atoms with Gasteiger partial charge in [0.05, 0.1) is 4.47 Å². The first-order chi connectivity index (χ1) is 7.92. The molecule has 0 aliphatic rings. The number of rotatable bonds is 4. The van der Waals surface area contributed by atoms with Crippen molar-refractivity contribution in [1.82, 2.24) is 0 Å². The molecule has 1 N–H and O–H groups in total. The van der Waals surface area contributed by atoms with Crippen LogP contribution in [0.3, 0.4) is 0 Å². The largest absolute Gasteiger partial charge is 0.573 e. The molecule has 94 valence electrons. The van der Waals surface area contributed by atoms with Crippen molar-refractivity contribution in [2.75, 3.05) is 11.9 Å². The lowest BCUT2D eigenvalue weighted by molar-refractivity contribution is -0.274. The number of ether oxygens (including phenoxy) is 1. The second kappa shape index (κ2) is 6.16. The number of hydrogen-bond acceptors (Lipinski definition) is 2. The molecule has 1 rings (SSSR count). The van der Waals surface area contributed by atoms with Gasteiger partial charge >= 0.3 is 6.36 Å². The summed E-state index contributed by atoms with van der Waals surface area (Å²) in [7, 11) is 0. The topological polar surface area (TPSA) is 21.3 Å². The third kappa shape index (κ3) is 5.32. The Labute approximate surface area is 110 Å². The number of nitrogens with one attached hydrogen (secondary N) is 1. The molecule has 2 nitrogen and oxygen atoms in total. The van der Waals surface area contributed by atoms with Crippen LogP contribution >= 0.6 is 27.5 Å². The van der Waals surface area contributed by atoms with E-state index < -0.39 is 6.36 Å². The summed E-state index contributed by atoms with van der Waals surface area (Å²) in [5.41, 5.74) is 2.00. The predicted octanol–water partition coefficient (Wildman–Crippen LogP) is 4.51. The monoisotopic (exact) mass is 329 g/mol. The molecule has 0 saturated heterocycles. The van der Waals surface area contributed by atoms with E-state index in [0.29, 0.717) is 12.2 Å². The zero-order valence-corrected chi connectivity index (χ0v) is 10.7. The second-order valence-corrected chi connectivity index (χ2v) is 4.04. The minimum Gasteiger partial charge on any atom is -0.405 e. The Morgan fingerprint density at radius 1 is 1.41 bits per heavy atom. The molecular formula is C10H8BrClF3NO. The van der Waals surface area contributed by atoms with Crippen molar-refractivity contribution < 1.29 is 17.9 Å². The maximum atomic E-state index is 12.0. The molecule has 1 aromatic rings. The average molecular weight is 331 g/mol. The number of halogens is 5. The van der Waals surface area contributed by atoms with Crippen LogP contribution in [0, 0.1) is 0 Å². The van der Waals surface area contributed by atoms with Crippen LogP contribution in [0.1, 0.15) is 0 Å². The lowest BCUT2D eigenvalue weighted by atomic mass is 10.3. The molecule has 0 aromatic heterocycles. The molecule has 17 heavy (non-hydrogen) atoms. The van der Waals surface area contributed by atoms with Gasteiger partial charge in [-0.1, -0.05) is 17.7 Å². The molecule has 0 unspecified atom stereocenters. The lowest BCUT2D eigenvalue weighted by Crippen LogP contribution is -2.17. The zero-order chi connectivity index (χ0) is 12.9. The Morgan fingerprint density at radius 2 is 2.12 bits per heavy atom. The van der Waals surface area contributed by atoms with Gasteiger partial charge in [0.2, 0.25) is 0 Å². The molecule has 7 heteroatoms. The summed E-state index contributed by atoms with van der Waals surface area (Å²) < 4.78 is 40.0. The molecule has 0 aliphatic carbocycles. The standard InChI is InChI=1S/C10H8BrClF3NO/c11-8-6-7(16-5-1-4-12)2-3-9(8)17-10(13,14)15/h1-4,6,16H,5H2/b4-1+. The van der Waals surface area contributed by atoms with E-state index in [-0.39, 0.29) is 10.2 Å². The van der Waals surface area contributed by atoms with Crippen molar-refractivity contribution in [3.63, 3.8) is 0 Å². The van der Waals surface area contributed by atoms with E-state index in [1.54, 1.807) is 6.08 Å². The van der Waals surface area contributed by atoms with E-state index in [4.69, 9.17) is 11.6 Å². The van der Waals surface area contributed by atoms with Crippen LogP contribution in [0.5, 0.6) is 5.75 Å². The fourth-order valence-electron chi connectivity index (χ4n) is 1.04. The molecule has 0 heterocycles. The summed E-state index contributed by atoms with van der Waals surface area (Å²) in [6.45, 7) is 0.482. The second-order valence-electron chi connectivity index (χ2n) is 2.94. The van der Waals surface area contributed by atoms with Crippen molar-refractivity contribution in [1.29, 1.82) is 0 Å². The highest BCUT2D eigenvalue weighted by Gasteiger charge is 2.31. The van der Waals surface area contributed by atoms with E-state index in [1.165, 1.54) is 23.7 Å². The van der Waals surface area contributed by atoms with Gasteiger partial charge in [0, 0.05) is 17.8 Å². The molecule has 0 atom stereocenters. The molecular weight excluding hydrogens is 322 g/mol. The summed E-state index contributed by atoms with van der Waals surface area (Å²) in [5.74, 6) is -0.282. The van der Waals surface area contributed by atoms with Crippen molar-refractivity contribution in [2.24, 2.45) is 0 Å². The van der Waals surface area contributed by atoms with Gasteiger partial charge in [0.15, 0.2) is 0 Å². The Morgan fingerprint density at radius 3 is 2.65 bits per heavy atom. The number of benzene rings is 1. The van der Waals surface area contributed by atoms with Crippen LogP contribution in [0.25, 0.3) is 0 Å². The Balaban J connectivity index is 2.72. The van der Waals surface area contributed by atoms with Gasteiger partial charge in [0.25, 0.3) is 0 Å². The molecule has 0 fully saturated rings. The Hall–Kier alpha value is -0.880. The van der Waals surface area contributed by atoms with E-state index in [9.17, 15) is 13.2 Å². The fourth-order valence-corrected chi connectivity index (χ4v) is 1.59. The number of alkyl halides is 3. The summed E-state index contributed by atoms with van der Waals surface area (Å²) in [6.07, 6.45) is -3.03. The minimum atomic E-state index is -4.70. The third-order valence-electron chi connectivity index (χ3n) is 1.67. The molecule has 0 amide bonds. The average Bonchev–Trinajstić information content (AvgIpc) is 2.21. The number of hydrogen-bond donors (Lipinski definition) is 1. The van der Waals surface area contributed by atoms with Crippen LogP contribution in [0.15, 0.2) is 34.3 Å². The molecule has 0 aliphatic heterocycles. The van der Waals surface area contributed by atoms with Crippen LogP contribution in [-0.2, 0) is 0 Å². The van der Waals surface area contributed by atoms with Gasteiger partial charge in [0.1, 0.15) is 5.75 Å². The summed E-state index contributed by atoms with van der Waals surface area (Å²) in [4.78, 5) is 0. The van der Waals surface area contributed by atoms with Gasteiger partial charge < -0.3 is 10.1 Å². The SMILES string of the molecule is FC(F)(F)Oc1ccc(NC/C=C/Cl)cc1Br. The predicted molar refractivity (Wildman–Crippen MR) is 64.3 cm³/mol.